The zero-order valence-corrected chi connectivity index (χ0v) is 17.1. The number of H-pyrrole nitrogens is 1. The molecule has 0 radical (unpaired) electrons. The lowest BCUT2D eigenvalue weighted by molar-refractivity contribution is -0.121. The number of methoxy groups -OCH3 is 1. The molecule has 10 heteroatoms. The first-order valence-electron chi connectivity index (χ1n) is 8.91. The Labute approximate surface area is 176 Å². The standard InChI is InChI=1S/C20H17ClN6O3/c1-11-7-13-9-23-25-18(13)12(2)17(11)24-20(30-10-28)15-8-16(29-3)26-27(15)19-14(21)5-4-6-22-19/h4-10H,1-3H3,(H,23,25). The fourth-order valence-corrected chi connectivity index (χ4v) is 3.39. The number of ether oxygens (including phenoxy) is 2. The third-order valence-corrected chi connectivity index (χ3v) is 4.87. The number of hydrogen-bond donors (Lipinski definition) is 1. The Morgan fingerprint density at radius 3 is 2.90 bits per heavy atom. The molecule has 0 aliphatic heterocycles. The van der Waals surface area contributed by atoms with E-state index in [0.29, 0.717) is 28.7 Å². The molecular formula is C20H17ClN6O3. The molecule has 1 N–H and O–H groups in total. The van der Waals surface area contributed by atoms with Crippen LogP contribution in [-0.2, 0) is 9.53 Å². The minimum absolute atomic E-state index is 0.0209. The van der Waals surface area contributed by atoms with Crippen LogP contribution in [0.4, 0.5) is 5.69 Å². The van der Waals surface area contributed by atoms with Gasteiger partial charge in [0, 0.05) is 23.2 Å². The second-order valence-corrected chi connectivity index (χ2v) is 6.83. The van der Waals surface area contributed by atoms with Crippen LogP contribution in [0.3, 0.4) is 0 Å². The highest BCUT2D eigenvalue weighted by atomic mass is 35.5. The van der Waals surface area contributed by atoms with Crippen molar-refractivity contribution in [3.8, 4) is 11.7 Å². The molecule has 0 amide bonds. The van der Waals surface area contributed by atoms with Gasteiger partial charge in [-0.1, -0.05) is 11.6 Å². The van der Waals surface area contributed by atoms with Gasteiger partial charge in [0.25, 0.3) is 6.47 Å². The van der Waals surface area contributed by atoms with Gasteiger partial charge in [-0.05, 0) is 37.6 Å². The molecule has 4 rings (SSSR count). The number of pyridine rings is 1. The van der Waals surface area contributed by atoms with Crippen molar-refractivity contribution in [1.82, 2.24) is 25.0 Å². The third kappa shape index (κ3) is 3.39. The van der Waals surface area contributed by atoms with E-state index in [2.05, 4.69) is 25.3 Å². The molecule has 3 aromatic heterocycles. The number of nitrogens with zero attached hydrogens (tertiary/aromatic N) is 5. The van der Waals surface area contributed by atoms with Gasteiger partial charge in [0.15, 0.2) is 5.82 Å². The Balaban J connectivity index is 1.94. The molecule has 152 valence electrons. The average molecular weight is 425 g/mol. The summed E-state index contributed by atoms with van der Waals surface area (Å²) in [5.41, 5.74) is 3.60. The molecule has 0 saturated heterocycles. The number of hydrogen-bond acceptors (Lipinski definition) is 7. The number of nitrogens with one attached hydrogen (secondary N) is 1. The number of carbonyl (C=O) groups excluding carboxylic acids is 1. The number of carbonyl (C=O) groups is 1. The van der Waals surface area contributed by atoms with Gasteiger partial charge in [-0.2, -0.15) is 5.10 Å². The van der Waals surface area contributed by atoms with Crippen LogP contribution in [0.15, 0.2) is 41.7 Å². The Morgan fingerprint density at radius 2 is 2.17 bits per heavy atom. The topological polar surface area (TPSA) is 107 Å². The highest BCUT2D eigenvalue weighted by molar-refractivity contribution is 6.32. The molecule has 0 saturated carbocycles. The molecule has 0 spiro atoms. The van der Waals surface area contributed by atoms with Crippen LogP contribution in [0.5, 0.6) is 5.88 Å². The molecule has 0 bridgehead atoms. The molecule has 0 unspecified atom stereocenters. The SMILES string of the molecule is COc1cc(C(=Nc2c(C)cc3cn[nH]c3c2C)OC=O)n(-c2ncccc2Cl)n1. The number of rotatable bonds is 5. The van der Waals surface area contributed by atoms with Crippen molar-refractivity contribution >= 4 is 40.6 Å². The summed E-state index contributed by atoms with van der Waals surface area (Å²) in [5, 5.41) is 12.7. The zero-order valence-electron chi connectivity index (χ0n) is 16.4. The first-order valence-corrected chi connectivity index (χ1v) is 9.29. The van der Waals surface area contributed by atoms with Gasteiger partial charge >= 0.3 is 0 Å². The smallest absolute Gasteiger partial charge is 0.299 e. The van der Waals surface area contributed by atoms with E-state index in [0.717, 1.165) is 22.0 Å². The van der Waals surface area contributed by atoms with Gasteiger partial charge in [-0.25, -0.2) is 14.7 Å². The Hall–Kier alpha value is -3.72. The lowest BCUT2D eigenvalue weighted by Crippen LogP contribution is -2.14. The summed E-state index contributed by atoms with van der Waals surface area (Å²) in [5.74, 6) is 0.649. The van der Waals surface area contributed by atoms with E-state index in [4.69, 9.17) is 21.1 Å². The Kier molecular flexibility index (Phi) is 5.20. The number of aromatic nitrogens is 5. The Morgan fingerprint density at radius 1 is 1.33 bits per heavy atom. The van der Waals surface area contributed by atoms with Crippen molar-refractivity contribution in [2.45, 2.75) is 13.8 Å². The quantitative estimate of drug-likeness (QED) is 0.297. The highest BCUT2D eigenvalue weighted by Gasteiger charge is 2.21. The van der Waals surface area contributed by atoms with Crippen molar-refractivity contribution in [1.29, 1.82) is 0 Å². The highest BCUT2D eigenvalue weighted by Crippen LogP contribution is 2.31. The fraction of sp³-hybridized carbons (Fsp3) is 0.150. The van der Waals surface area contributed by atoms with Crippen LogP contribution in [0.25, 0.3) is 16.7 Å². The minimum atomic E-state index is 0.0209. The van der Waals surface area contributed by atoms with Gasteiger partial charge in [0.05, 0.1) is 29.5 Å². The number of aliphatic imine (C=N–C) groups is 1. The molecule has 0 aliphatic carbocycles. The van der Waals surface area contributed by atoms with Gasteiger partial charge in [-0.3, -0.25) is 9.89 Å². The van der Waals surface area contributed by atoms with E-state index in [1.54, 1.807) is 30.6 Å². The first-order chi connectivity index (χ1) is 14.5. The van der Waals surface area contributed by atoms with E-state index in [1.165, 1.54) is 11.8 Å². The van der Waals surface area contributed by atoms with E-state index >= 15 is 0 Å². The molecule has 4 aromatic rings. The van der Waals surface area contributed by atoms with E-state index in [9.17, 15) is 4.79 Å². The number of halogens is 1. The molecule has 30 heavy (non-hydrogen) atoms. The molecule has 0 aliphatic rings. The van der Waals surface area contributed by atoms with Crippen molar-refractivity contribution in [3.63, 3.8) is 0 Å². The summed E-state index contributed by atoms with van der Waals surface area (Å²) in [7, 11) is 1.48. The maximum Gasteiger partial charge on any atom is 0.299 e. The van der Waals surface area contributed by atoms with Gasteiger partial charge in [0.2, 0.25) is 11.8 Å². The second kappa shape index (κ2) is 7.96. The fourth-order valence-electron chi connectivity index (χ4n) is 3.19. The van der Waals surface area contributed by atoms with Crippen molar-refractivity contribution in [3.05, 3.63) is 58.5 Å². The number of aromatic amines is 1. The number of aryl methyl sites for hydroxylation is 2. The zero-order chi connectivity index (χ0) is 21.3. The molecule has 0 fully saturated rings. The largest absolute Gasteiger partial charge is 0.480 e. The molecule has 3 heterocycles. The van der Waals surface area contributed by atoms with Crippen LogP contribution in [0.2, 0.25) is 5.02 Å². The monoisotopic (exact) mass is 424 g/mol. The number of fused-ring (bicyclic) bond motifs is 1. The van der Waals surface area contributed by atoms with Gasteiger partial charge < -0.3 is 9.47 Å². The van der Waals surface area contributed by atoms with Crippen LogP contribution in [0, 0.1) is 13.8 Å². The summed E-state index contributed by atoms with van der Waals surface area (Å²) in [4.78, 5) is 20.2. The molecule has 1 aromatic carbocycles. The lowest BCUT2D eigenvalue weighted by atomic mass is 10.1. The number of benzene rings is 1. The maximum atomic E-state index is 11.3. The van der Waals surface area contributed by atoms with E-state index in [-0.39, 0.29) is 11.8 Å². The van der Waals surface area contributed by atoms with E-state index < -0.39 is 0 Å². The molecule has 9 nitrogen and oxygen atoms in total. The van der Waals surface area contributed by atoms with Crippen LogP contribution in [0.1, 0.15) is 16.8 Å². The van der Waals surface area contributed by atoms with Crippen LogP contribution < -0.4 is 4.74 Å². The summed E-state index contributed by atoms with van der Waals surface area (Å²) < 4.78 is 11.9. The van der Waals surface area contributed by atoms with Crippen LogP contribution in [-0.4, -0.2) is 44.4 Å². The van der Waals surface area contributed by atoms with Crippen LogP contribution >= 0.6 is 11.6 Å². The molecule has 0 atom stereocenters. The van der Waals surface area contributed by atoms with Crippen molar-refractivity contribution in [2.75, 3.05) is 7.11 Å². The van der Waals surface area contributed by atoms with Crippen molar-refractivity contribution in [2.24, 2.45) is 4.99 Å². The third-order valence-electron chi connectivity index (χ3n) is 4.57. The van der Waals surface area contributed by atoms with Crippen molar-refractivity contribution < 1.29 is 14.3 Å². The van der Waals surface area contributed by atoms with Gasteiger partial charge in [0.1, 0.15) is 5.69 Å². The molecular weight excluding hydrogens is 408 g/mol. The summed E-state index contributed by atoms with van der Waals surface area (Å²) >= 11 is 6.30. The Bertz CT molecular complexity index is 1280. The maximum absolute atomic E-state index is 11.3. The second-order valence-electron chi connectivity index (χ2n) is 6.42. The first kappa shape index (κ1) is 19.6. The summed E-state index contributed by atoms with van der Waals surface area (Å²) in [6.07, 6.45) is 3.33. The minimum Gasteiger partial charge on any atom is -0.480 e. The summed E-state index contributed by atoms with van der Waals surface area (Å²) in [6.45, 7) is 4.14. The predicted molar refractivity (Wildman–Crippen MR) is 112 cm³/mol. The lowest BCUT2D eigenvalue weighted by Gasteiger charge is -2.11. The summed E-state index contributed by atoms with van der Waals surface area (Å²) in [6, 6.07) is 6.93. The van der Waals surface area contributed by atoms with E-state index in [1.807, 2.05) is 19.9 Å². The normalized spacial score (nSPS) is 11.7. The van der Waals surface area contributed by atoms with Gasteiger partial charge in [-0.15, -0.1) is 5.10 Å². The average Bonchev–Trinajstić information content (AvgIpc) is 3.37. The predicted octanol–water partition coefficient (Wildman–Crippen LogP) is 3.67.